The molecule has 1 aromatic carbocycles. The van der Waals surface area contributed by atoms with Gasteiger partial charge in [0, 0.05) is 20.1 Å². The average molecular weight is 270 g/mol. The van der Waals surface area contributed by atoms with Gasteiger partial charge in [0.25, 0.3) is 0 Å². The van der Waals surface area contributed by atoms with Crippen LogP contribution >= 0.6 is 0 Å². The quantitative estimate of drug-likeness (QED) is 0.902. The van der Waals surface area contributed by atoms with E-state index in [1.165, 1.54) is 18.4 Å². The molecule has 0 fully saturated rings. The number of sulfonamides is 1. The summed E-state index contributed by atoms with van der Waals surface area (Å²) >= 11 is 0. The smallest absolute Gasteiger partial charge is 0.215 e. The van der Waals surface area contributed by atoms with Crippen molar-refractivity contribution in [3.05, 3.63) is 34.4 Å². The molecule has 1 aromatic rings. The highest BCUT2D eigenvalue weighted by Gasteiger charge is 2.22. The van der Waals surface area contributed by atoms with Crippen LogP contribution in [-0.4, -0.2) is 32.6 Å². The predicted octanol–water partition coefficient (Wildman–Crippen LogP) is 1.50. The Kier molecular flexibility index (Phi) is 4.53. The minimum atomic E-state index is -3.28. The summed E-state index contributed by atoms with van der Waals surface area (Å²) < 4.78 is 24.9. The van der Waals surface area contributed by atoms with Crippen molar-refractivity contribution in [3.8, 4) is 0 Å². The molecule has 0 aromatic heterocycles. The topological polar surface area (TPSA) is 63.4 Å². The van der Waals surface area contributed by atoms with Gasteiger partial charge < -0.3 is 5.73 Å². The lowest BCUT2D eigenvalue weighted by Crippen LogP contribution is -2.31. The normalized spacial score (nSPS) is 13.9. The van der Waals surface area contributed by atoms with Crippen LogP contribution in [0.2, 0.25) is 0 Å². The van der Waals surface area contributed by atoms with Crippen LogP contribution in [0.3, 0.4) is 0 Å². The van der Waals surface area contributed by atoms with Crippen LogP contribution in [0.25, 0.3) is 0 Å². The fourth-order valence-electron chi connectivity index (χ4n) is 2.24. The van der Waals surface area contributed by atoms with Crippen molar-refractivity contribution in [1.82, 2.24) is 4.31 Å². The van der Waals surface area contributed by atoms with E-state index in [4.69, 9.17) is 5.73 Å². The number of aryl methyl sites for hydroxylation is 3. The Balaban J connectivity index is 3.10. The average Bonchev–Trinajstić information content (AvgIpc) is 2.13. The molecule has 0 saturated carbocycles. The molecule has 0 bridgehead atoms. The third-order valence-corrected chi connectivity index (χ3v) is 4.95. The Hall–Kier alpha value is -0.910. The highest BCUT2D eigenvalue weighted by molar-refractivity contribution is 7.89. The van der Waals surface area contributed by atoms with Gasteiger partial charge in [0.15, 0.2) is 0 Å². The zero-order valence-corrected chi connectivity index (χ0v) is 12.5. The first-order chi connectivity index (χ1) is 8.15. The zero-order valence-electron chi connectivity index (χ0n) is 11.7. The van der Waals surface area contributed by atoms with Crippen molar-refractivity contribution in [3.63, 3.8) is 0 Å². The van der Waals surface area contributed by atoms with Crippen molar-refractivity contribution in [2.24, 2.45) is 5.73 Å². The van der Waals surface area contributed by atoms with E-state index in [2.05, 4.69) is 0 Å². The molecule has 1 unspecified atom stereocenters. The molecule has 0 amide bonds. The molecule has 1 rings (SSSR count). The lowest BCUT2D eigenvalue weighted by atomic mass is 9.95. The maximum absolute atomic E-state index is 11.8. The largest absolute Gasteiger partial charge is 0.323 e. The molecular weight excluding hydrogens is 248 g/mol. The number of nitrogens with two attached hydrogens (primary N) is 1. The molecule has 0 radical (unpaired) electrons. The first-order valence-electron chi connectivity index (χ1n) is 5.88. The fraction of sp³-hybridized carbons (Fsp3) is 0.538. The first kappa shape index (κ1) is 15.1. The molecule has 0 spiro atoms. The van der Waals surface area contributed by atoms with Crippen molar-refractivity contribution < 1.29 is 8.42 Å². The highest BCUT2D eigenvalue weighted by Crippen LogP contribution is 2.23. The second-order valence-electron chi connectivity index (χ2n) is 4.98. The molecule has 0 aliphatic rings. The molecule has 2 N–H and O–H groups in total. The maximum Gasteiger partial charge on any atom is 0.215 e. The summed E-state index contributed by atoms with van der Waals surface area (Å²) in [5, 5.41) is 0. The second-order valence-corrected chi connectivity index (χ2v) is 7.21. The summed E-state index contributed by atoms with van der Waals surface area (Å²) in [6.45, 7) is 5.96. The fourth-order valence-corrected chi connectivity index (χ4v) is 3.15. The Morgan fingerprint density at radius 1 is 1.17 bits per heavy atom. The maximum atomic E-state index is 11.8. The van der Waals surface area contributed by atoms with Crippen LogP contribution in [0, 0.1) is 20.8 Å². The van der Waals surface area contributed by atoms with Crippen LogP contribution in [0.4, 0.5) is 0 Å². The van der Waals surface area contributed by atoms with Gasteiger partial charge in [0.1, 0.15) is 0 Å². The number of nitrogens with zero attached hydrogens (tertiary/aromatic N) is 1. The molecule has 102 valence electrons. The third-order valence-electron chi connectivity index (χ3n) is 3.06. The third kappa shape index (κ3) is 3.31. The summed E-state index contributed by atoms with van der Waals surface area (Å²) in [6.07, 6.45) is 0. The van der Waals surface area contributed by atoms with Gasteiger partial charge in [-0.1, -0.05) is 17.7 Å². The van der Waals surface area contributed by atoms with Crippen LogP contribution in [0.15, 0.2) is 12.1 Å². The lowest BCUT2D eigenvalue weighted by Gasteiger charge is -2.20. The van der Waals surface area contributed by atoms with Gasteiger partial charge in [-0.25, -0.2) is 12.7 Å². The monoisotopic (exact) mass is 270 g/mol. The first-order valence-corrected chi connectivity index (χ1v) is 7.49. The zero-order chi connectivity index (χ0) is 14.1. The van der Waals surface area contributed by atoms with Crippen LogP contribution in [-0.2, 0) is 10.0 Å². The number of hydrogen-bond donors (Lipinski definition) is 1. The van der Waals surface area contributed by atoms with E-state index < -0.39 is 16.1 Å². The highest BCUT2D eigenvalue weighted by atomic mass is 32.2. The van der Waals surface area contributed by atoms with Crippen molar-refractivity contribution in [2.75, 3.05) is 19.8 Å². The molecule has 5 heteroatoms. The molecular formula is C13H22N2O2S. The van der Waals surface area contributed by atoms with Gasteiger partial charge in [0.05, 0.1) is 5.75 Å². The van der Waals surface area contributed by atoms with E-state index in [-0.39, 0.29) is 5.75 Å². The van der Waals surface area contributed by atoms with E-state index in [1.54, 1.807) is 0 Å². The minimum absolute atomic E-state index is 0.0647. The standard InChI is InChI=1S/C13H22N2O2S/c1-9-6-10(2)13(11(3)7-9)12(14)8-18(16,17)15(4)5/h6-7,12H,8,14H2,1-5H3. The van der Waals surface area contributed by atoms with Crippen molar-refractivity contribution >= 4 is 10.0 Å². The Morgan fingerprint density at radius 3 is 2.00 bits per heavy atom. The summed E-state index contributed by atoms with van der Waals surface area (Å²) in [4.78, 5) is 0. The molecule has 0 saturated heterocycles. The predicted molar refractivity (Wildman–Crippen MR) is 75.1 cm³/mol. The molecule has 0 aliphatic carbocycles. The van der Waals surface area contributed by atoms with E-state index in [0.717, 1.165) is 22.3 Å². The molecule has 0 heterocycles. The SMILES string of the molecule is Cc1cc(C)c(C(N)CS(=O)(=O)N(C)C)c(C)c1. The van der Waals surface area contributed by atoms with Crippen molar-refractivity contribution in [2.45, 2.75) is 26.8 Å². The van der Waals surface area contributed by atoms with E-state index in [0.29, 0.717) is 0 Å². The van der Waals surface area contributed by atoms with Gasteiger partial charge in [-0.2, -0.15) is 0 Å². The van der Waals surface area contributed by atoms with Crippen LogP contribution < -0.4 is 5.73 Å². The Morgan fingerprint density at radius 2 is 1.61 bits per heavy atom. The molecule has 4 nitrogen and oxygen atoms in total. The van der Waals surface area contributed by atoms with Crippen LogP contribution in [0.5, 0.6) is 0 Å². The van der Waals surface area contributed by atoms with E-state index >= 15 is 0 Å². The number of hydrogen-bond acceptors (Lipinski definition) is 3. The minimum Gasteiger partial charge on any atom is -0.323 e. The number of benzene rings is 1. The van der Waals surface area contributed by atoms with Gasteiger partial charge >= 0.3 is 0 Å². The summed E-state index contributed by atoms with van der Waals surface area (Å²) in [6, 6.07) is 3.58. The van der Waals surface area contributed by atoms with Crippen molar-refractivity contribution in [1.29, 1.82) is 0 Å². The Bertz CT molecular complexity index is 513. The molecule has 1 atom stereocenters. The lowest BCUT2D eigenvalue weighted by molar-refractivity contribution is 0.514. The van der Waals surface area contributed by atoms with E-state index in [1.807, 2.05) is 32.9 Å². The summed E-state index contributed by atoms with van der Waals surface area (Å²) in [5.41, 5.74) is 10.3. The van der Waals surface area contributed by atoms with Gasteiger partial charge in [0.2, 0.25) is 10.0 Å². The summed E-state index contributed by atoms with van der Waals surface area (Å²) in [7, 11) is -0.231. The van der Waals surface area contributed by atoms with Gasteiger partial charge in [-0.15, -0.1) is 0 Å². The molecule has 0 aliphatic heterocycles. The van der Waals surface area contributed by atoms with Gasteiger partial charge in [-0.3, -0.25) is 0 Å². The van der Waals surface area contributed by atoms with E-state index in [9.17, 15) is 8.42 Å². The second kappa shape index (κ2) is 5.38. The van der Waals surface area contributed by atoms with Gasteiger partial charge in [-0.05, 0) is 37.5 Å². The summed E-state index contributed by atoms with van der Waals surface area (Å²) in [5.74, 6) is -0.0647. The number of rotatable bonds is 4. The molecule has 18 heavy (non-hydrogen) atoms. The Labute approximate surface area is 110 Å². The van der Waals surface area contributed by atoms with Crippen LogP contribution in [0.1, 0.15) is 28.3 Å².